The van der Waals surface area contributed by atoms with Crippen LogP contribution in [-0.4, -0.2) is 19.1 Å². The molecule has 1 aromatic carbocycles. The smallest absolute Gasteiger partial charge is 0.292 e. The topological polar surface area (TPSA) is 52.7 Å². The van der Waals surface area contributed by atoms with Gasteiger partial charge in [-0.1, -0.05) is 0 Å². The van der Waals surface area contributed by atoms with Crippen molar-refractivity contribution in [3.05, 3.63) is 35.1 Å². The first-order valence-corrected chi connectivity index (χ1v) is 6.09. The standard InChI is InChI=1S/C13H14N4O/c1-3-16-11-5-9-7-14-8-15-10(9)6-12(11)17(4-2)13(16)18/h5-8H,3-4H2,1-2H3. The molecular weight excluding hydrogens is 228 g/mol. The fraction of sp³-hybridized carbons (Fsp3) is 0.308. The Morgan fingerprint density at radius 1 is 1.11 bits per heavy atom. The van der Waals surface area contributed by atoms with E-state index in [2.05, 4.69) is 9.97 Å². The number of hydrogen-bond acceptors (Lipinski definition) is 3. The van der Waals surface area contributed by atoms with Gasteiger partial charge in [0.25, 0.3) is 0 Å². The van der Waals surface area contributed by atoms with E-state index in [1.807, 2.05) is 26.0 Å². The second-order valence-corrected chi connectivity index (χ2v) is 4.19. The van der Waals surface area contributed by atoms with Gasteiger partial charge in [-0.2, -0.15) is 0 Å². The van der Waals surface area contributed by atoms with Crippen LogP contribution in [0.4, 0.5) is 0 Å². The third-order valence-electron chi connectivity index (χ3n) is 3.28. The molecule has 0 saturated carbocycles. The minimum atomic E-state index is 0.0401. The highest BCUT2D eigenvalue weighted by Crippen LogP contribution is 2.20. The third-order valence-corrected chi connectivity index (χ3v) is 3.28. The number of hydrogen-bond donors (Lipinski definition) is 0. The molecule has 0 aliphatic carbocycles. The molecule has 0 aliphatic heterocycles. The van der Waals surface area contributed by atoms with Crippen LogP contribution in [0.15, 0.2) is 29.5 Å². The molecule has 18 heavy (non-hydrogen) atoms. The van der Waals surface area contributed by atoms with Crippen LogP contribution in [0.25, 0.3) is 21.9 Å². The van der Waals surface area contributed by atoms with Crippen molar-refractivity contribution in [3.63, 3.8) is 0 Å². The van der Waals surface area contributed by atoms with E-state index in [-0.39, 0.29) is 5.69 Å². The van der Waals surface area contributed by atoms with Crippen LogP contribution in [-0.2, 0) is 13.1 Å². The molecule has 0 amide bonds. The van der Waals surface area contributed by atoms with Crippen LogP contribution < -0.4 is 5.69 Å². The Hall–Kier alpha value is -2.17. The van der Waals surface area contributed by atoms with Crippen LogP contribution >= 0.6 is 0 Å². The summed E-state index contributed by atoms with van der Waals surface area (Å²) in [6.45, 7) is 5.29. The zero-order chi connectivity index (χ0) is 12.7. The molecule has 0 bridgehead atoms. The zero-order valence-electron chi connectivity index (χ0n) is 10.4. The molecule has 0 radical (unpaired) electrons. The Morgan fingerprint density at radius 2 is 1.78 bits per heavy atom. The number of fused-ring (bicyclic) bond motifs is 2. The van der Waals surface area contributed by atoms with Gasteiger partial charge in [-0.05, 0) is 26.0 Å². The Bertz CT molecular complexity index is 721. The van der Waals surface area contributed by atoms with E-state index in [1.165, 1.54) is 6.33 Å². The number of rotatable bonds is 2. The molecule has 2 heterocycles. The summed E-state index contributed by atoms with van der Waals surface area (Å²) in [5, 5.41) is 0.959. The van der Waals surface area contributed by atoms with E-state index < -0.39 is 0 Å². The van der Waals surface area contributed by atoms with E-state index in [0.717, 1.165) is 21.9 Å². The summed E-state index contributed by atoms with van der Waals surface area (Å²) in [5.41, 5.74) is 2.80. The molecule has 0 atom stereocenters. The van der Waals surface area contributed by atoms with Gasteiger partial charge in [-0.25, -0.2) is 14.8 Å². The molecular formula is C13H14N4O. The van der Waals surface area contributed by atoms with Crippen molar-refractivity contribution in [2.24, 2.45) is 0 Å². The molecule has 0 spiro atoms. The SMILES string of the molecule is CCn1c(=O)n(CC)c2cc3ncncc3cc21. The van der Waals surface area contributed by atoms with Crippen molar-refractivity contribution in [2.45, 2.75) is 26.9 Å². The summed E-state index contributed by atoms with van der Waals surface area (Å²) in [4.78, 5) is 20.5. The van der Waals surface area contributed by atoms with Crippen LogP contribution in [0.2, 0.25) is 0 Å². The number of aromatic nitrogens is 4. The quantitative estimate of drug-likeness (QED) is 0.688. The van der Waals surface area contributed by atoms with E-state index in [9.17, 15) is 4.79 Å². The fourth-order valence-corrected chi connectivity index (χ4v) is 2.40. The highest BCUT2D eigenvalue weighted by Gasteiger charge is 2.12. The van der Waals surface area contributed by atoms with Crippen molar-refractivity contribution < 1.29 is 0 Å². The Labute approximate surface area is 104 Å². The number of aryl methyl sites for hydroxylation is 2. The maximum Gasteiger partial charge on any atom is 0.329 e. The first kappa shape index (κ1) is 11.0. The van der Waals surface area contributed by atoms with Crippen LogP contribution in [0.5, 0.6) is 0 Å². The predicted molar refractivity (Wildman–Crippen MR) is 70.6 cm³/mol. The monoisotopic (exact) mass is 242 g/mol. The van der Waals surface area contributed by atoms with Gasteiger partial charge in [0.05, 0.1) is 16.6 Å². The lowest BCUT2D eigenvalue weighted by molar-refractivity contribution is 0.671. The van der Waals surface area contributed by atoms with Crippen molar-refractivity contribution in [2.75, 3.05) is 0 Å². The molecule has 92 valence electrons. The largest absolute Gasteiger partial charge is 0.329 e. The molecule has 5 nitrogen and oxygen atoms in total. The summed E-state index contributed by atoms with van der Waals surface area (Å²) in [7, 11) is 0. The molecule has 3 rings (SSSR count). The third kappa shape index (κ3) is 1.37. The Morgan fingerprint density at radius 3 is 2.44 bits per heavy atom. The molecule has 5 heteroatoms. The number of imidazole rings is 1. The maximum atomic E-state index is 12.2. The van der Waals surface area contributed by atoms with Crippen molar-refractivity contribution in [1.82, 2.24) is 19.1 Å². The molecule has 0 fully saturated rings. The van der Waals surface area contributed by atoms with Crippen molar-refractivity contribution in [3.8, 4) is 0 Å². The first-order valence-electron chi connectivity index (χ1n) is 6.09. The molecule has 2 aromatic heterocycles. The van der Waals surface area contributed by atoms with Crippen LogP contribution in [0.3, 0.4) is 0 Å². The van der Waals surface area contributed by atoms with Gasteiger partial charge in [0.2, 0.25) is 0 Å². The molecule has 3 aromatic rings. The highest BCUT2D eigenvalue weighted by atomic mass is 16.1. The summed E-state index contributed by atoms with van der Waals surface area (Å²) >= 11 is 0. The number of benzene rings is 1. The van der Waals surface area contributed by atoms with Crippen LogP contribution in [0, 0.1) is 0 Å². The summed E-state index contributed by atoms with van der Waals surface area (Å²) < 4.78 is 3.56. The van der Waals surface area contributed by atoms with Gasteiger partial charge < -0.3 is 0 Å². The van der Waals surface area contributed by atoms with Gasteiger partial charge in [-0.15, -0.1) is 0 Å². The molecule has 0 unspecified atom stereocenters. The average molecular weight is 242 g/mol. The highest BCUT2D eigenvalue weighted by molar-refractivity contribution is 5.93. The first-order chi connectivity index (χ1) is 8.76. The minimum absolute atomic E-state index is 0.0401. The molecule has 0 N–H and O–H groups in total. The zero-order valence-corrected chi connectivity index (χ0v) is 10.4. The van der Waals surface area contributed by atoms with Gasteiger partial charge in [0, 0.05) is 24.7 Å². The lowest BCUT2D eigenvalue weighted by atomic mass is 10.2. The molecule has 0 aliphatic rings. The molecule has 0 saturated heterocycles. The fourth-order valence-electron chi connectivity index (χ4n) is 2.40. The summed E-state index contributed by atoms with van der Waals surface area (Å²) in [6, 6.07) is 3.95. The van der Waals surface area contributed by atoms with Crippen molar-refractivity contribution >= 4 is 21.9 Å². The lowest BCUT2D eigenvalue weighted by Crippen LogP contribution is -2.22. The van der Waals surface area contributed by atoms with E-state index >= 15 is 0 Å². The lowest BCUT2D eigenvalue weighted by Gasteiger charge is -2.00. The summed E-state index contributed by atoms with van der Waals surface area (Å²) in [6.07, 6.45) is 3.30. The van der Waals surface area contributed by atoms with Gasteiger partial charge >= 0.3 is 5.69 Å². The van der Waals surface area contributed by atoms with Crippen LogP contribution in [0.1, 0.15) is 13.8 Å². The van der Waals surface area contributed by atoms with Gasteiger partial charge in [-0.3, -0.25) is 9.13 Å². The van der Waals surface area contributed by atoms with E-state index in [0.29, 0.717) is 13.1 Å². The van der Waals surface area contributed by atoms with E-state index in [4.69, 9.17) is 0 Å². The second kappa shape index (κ2) is 3.94. The second-order valence-electron chi connectivity index (χ2n) is 4.19. The van der Waals surface area contributed by atoms with Crippen molar-refractivity contribution in [1.29, 1.82) is 0 Å². The minimum Gasteiger partial charge on any atom is -0.292 e. The summed E-state index contributed by atoms with van der Waals surface area (Å²) in [5.74, 6) is 0. The predicted octanol–water partition coefficient (Wildman–Crippen LogP) is 1.79. The Kier molecular flexibility index (Phi) is 2.40. The van der Waals surface area contributed by atoms with Gasteiger partial charge in [0.15, 0.2) is 0 Å². The Balaban J connectivity index is 2.53. The number of nitrogens with zero attached hydrogens (tertiary/aromatic N) is 4. The average Bonchev–Trinajstić information content (AvgIpc) is 2.66. The normalized spacial score (nSPS) is 11.4. The van der Waals surface area contributed by atoms with Gasteiger partial charge in [0.1, 0.15) is 6.33 Å². The van der Waals surface area contributed by atoms with E-state index in [1.54, 1.807) is 15.3 Å². The maximum absolute atomic E-state index is 12.2.